The van der Waals surface area contributed by atoms with Gasteiger partial charge in [0.15, 0.2) is 0 Å². The average Bonchev–Trinajstić information content (AvgIpc) is 2.66. The van der Waals surface area contributed by atoms with Gasteiger partial charge in [-0.15, -0.1) is 0 Å². The molecule has 2 rings (SSSR count). The summed E-state index contributed by atoms with van der Waals surface area (Å²) in [5.41, 5.74) is 7.65. The van der Waals surface area contributed by atoms with Crippen LogP contribution in [-0.4, -0.2) is 21.7 Å². The normalized spacial score (nSPS) is 24.1. The zero-order valence-corrected chi connectivity index (χ0v) is 11.1. The van der Waals surface area contributed by atoms with Crippen LogP contribution in [0.5, 0.6) is 0 Å². The molecule has 0 radical (unpaired) electrons. The van der Waals surface area contributed by atoms with Gasteiger partial charge in [-0.1, -0.05) is 0 Å². The zero-order chi connectivity index (χ0) is 13.1. The van der Waals surface area contributed by atoms with Gasteiger partial charge in [-0.05, 0) is 32.6 Å². The standard InChI is InChI=1S/C13H22N4O/c1-9-11(8-17(2)16-9)7-15-12-5-3-10(4-6-12)13(14)18/h8,10,12,15H,3-7H2,1-2H3,(H2,14,18). The number of amides is 1. The predicted octanol–water partition coefficient (Wildman–Crippen LogP) is 0.862. The lowest BCUT2D eigenvalue weighted by Crippen LogP contribution is -2.36. The highest BCUT2D eigenvalue weighted by molar-refractivity contribution is 5.76. The summed E-state index contributed by atoms with van der Waals surface area (Å²) >= 11 is 0. The molecule has 0 atom stereocenters. The van der Waals surface area contributed by atoms with Crippen molar-refractivity contribution in [3.8, 4) is 0 Å². The lowest BCUT2D eigenvalue weighted by Gasteiger charge is -2.27. The molecule has 100 valence electrons. The molecule has 0 saturated heterocycles. The molecule has 0 bridgehead atoms. The van der Waals surface area contributed by atoms with Gasteiger partial charge in [-0.2, -0.15) is 5.10 Å². The fraction of sp³-hybridized carbons (Fsp3) is 0.692. The first-order valence-electron chi connectivity index (χ1n) is 6.58. The van der Waals surface area contributed by atoms with Gasteiger partial charge in [-0.3, -0.25) is 9.48 Å². The summed E-state index contributed by atoms with van der Waals surface area (Å²) in [6, 6.07) is 0.500. The summed E-state index contributed by atoms with van der Waals surface area (Å²) in [6.07, 6.45) is 5.95. The van der Waals surface area contributed by atoms with Crippen LogP contribution in [0.25, 0.3) is 0 Å². The Balaban J connectivity index is 1.79. The predicted molar refractivity (Wildman–Crippen MR) is 69.7 cm³/mol. The van der Waals surface area contributed by atoms with E-state index in [0.29, 0.717) is 6.04 Å². The van der Waals surface area contributed by atoms with E-state index in [0.717, 1.165) is 37.9 Å². The minimum atomic E-state index is -0.142. The lowest BCUT2D eigenvalue weighted by molar-refractivity contribution is -0.122. The quantitative estimate of drug-likeness (QED) is 0.832. The minimum absolute atomic E-state index is 0.0863. The molecule has 5 heteroatoms. The number of aryl methyl sites for hydroxylation is 2. The maximum Gasteiger partial charge on any atom is 0.220 e. The molecule has 0 aromatic carbocycles. The molecule has 3 N–H and O–H groups in total. The smallest absolute Gasteiger partial charge is 0.220 e. The summed E-state index contributed by atoms with van der Waals surface area (Å²) in [6.45, 7) is 2.88. The number of primary amides is 1. The van der Waals surface area contributed by atoms with Crippen LogP contribution < -0.4 is 11.1 Å². The first-order chi connectivity index (χ1) is 8.56. The molecule has 1 aromatic heterocycles. The summed E-state index contributed by atoms with van der Waals surface area (Å²) < 4.78 is 1.84. The highest BCUT2D eigenvalue weighted by Crippen LogP contribution is 2.24. The van der Waals surface area contributed by atoms with Gasteiger partial charge in [0.1, 0.15) is 0 Å². The van der Waals surface area contributed by atoms with Crippen LogP contribution in [0.15, 0.2) is 6.20 Å². The van der Waals surface area contributed by atoms with Crippen molar-refractivity contribution in [1.29, 1.82) is 0 Å². The van der Waals surface area contributed by atoms with Gasteiger partial charge in [0, 0.05) is 37.3 Å². The van der Waals surface area contributed by atoms with Crippen molar-refractivity contribution in [3.05, 3.63) is 17.5 Å². The van der Waals surface area contributed by atoms with Gasteiger partial charge in [-0.25, -0.2) is 0 Å². The summed E-state index contributed by atoms with van der Waals surface area (Å²) in [5, 5.41) is 7.87. The molecular weight excluding hydrogens is 228 g/mol. The summed E-state index contributed by atoms with van der Waals surface area (Å²) in [5.74, 6) is -0.0558. The molecule has 1 aliphatic rings. The third-order valence-corrected chi connectivity index (χ3v) is 3.83. The molecule has 1 saturated carbocycles. The second kappa shape index (κ2) is 5.52. The largest absolute Gasteiger partial charge is 0.369 e. The molecular formula is C13H22N4O. The van der Waals surface area contributed by atoms with E-state index in [2.05, 4.69) is 16.6 Å². The van der Waals surface area contributed by atoms with Gasteiger partial charge < -0.3 is 11.1 Å². The van der Waals surface area contributed by atoms with E-state index in [-0.39, 0.29) is 11.8 Å². The van der Waals surface area contributed by atoms with Crippen molar-refractivity contribution < 1.29 is 4.79 Å². The fourth-order valence-electron chi connectivity index (χ4n) is 2.66. The summed E-state index contributed by atoms with van der Waals surface area (Å²) in [4.78, 5) is 11.1. The maximum atomic E-state index is 11.1. The first-order valence-corrected chi connectivity index (χ1v) is 6.58. The van der Waals surface area contributed by atoms with Crippen molar-refractivity contribution in [2.24, 2.45) is 18.7 Å². The van der Waals surface area contributed by atoms with Crippen molar-refractivity contribution in [3.63, 3.8) is 0 Å². The Hall–Kier alpha value is -1.36. The van der Waals surface area contributed by atoms with E-state index in [9.17, 15) is 4.79 Å². The van der Waals surface area contributed by atoms with E-state index < -0.39 is 0 Å². The van der Waals surface area contributed by atoms with Crippen LogP contribution in [0, 0.1) is 12.8 Å². The fourth-order valence-corrected chi connectivity index (χ4v) is 2.66. The Morgan fingerprint density at radius 1 is 1.50 bits per heavy atom. The van der Waals surface area contributed by atoms with Crippen LogP contribution in [0.3, 0.4) is 0 Å². The Morgan fingerprint density at radius 3 is 2.67 bits per heavy atom. The maximum absolute atomic E-state index is 11.1. The minimum Gasteiger partial charge on any atom is -0.369 e. The van der Waals surface area contributed by atoms with Gasteiger partial charge in [0.2, 0.25) is 5.91 Å². The van der Waals surface area contributed by atoms with E-state index in [1.807, 2.05) is 18.7 Å². The molecule has 1 amide bonds. The monoisotopic (exact) mass is 250 g/mol. The van der Waals surface area contributed by atoms with Gasteiger partial charge in [0.25, 0.3) is 0 Å². The Kier molecular flexibility index (Phi) is 4.01. The molecule has 1 heterocycles. The molecule has 0 spiro atoms. The first kappa shape index (κ1) is 13.1. The average molecular weight is 250 g/mol. The van der Waals surface area contributed by atoms with Crippen LogP contribution in [0.1, 0.15) is 36.9 Å². The van der Waals surface area contributed by atoms with Crippen molar-refractivity contribution >= 4 is 5.91 Å². The number of hydrogen-bond acceptors (Lipinski definition) is 3. The number of carbonyl (C=O) groups excluding carboxylic acids is 1. The number of carbonyl (C=O) groups is 1. The van der Waals surface area contributed by atoms with E-state index >= 15 is 0 Å². The number of aromatic nitrogens is 2. The number of rotatable bonds is 4. The molecule has 1 aliphatic carbocycles. The SMILES string of the molecule is Cc1nn(C)cc1CNC1CCC(C(N)=O)CC1. The number of nitrogens with zero attached hydrogens (tertiary/aromatic N) is 2. The lowest BCUT2D eigenvalue weighted by atomic mass is 9.85. The molecule has 18 heavy (non-hydrogen) atoms. The second-order valence-corrected chi connectivity index (χ2v) is 5.25. The van der Waals surface area contributed by atoms with E-state index in [1.54, 1.807) is 0 Å². The van der Waals surface area contributed by atoms with Gasteiger partial charge in [0.05, 0.1) is 5.69 Å². The Labute approximate surface area is 108 Å². The molecule has 5 nitrogen and oxygen atoms in total. The van der Waals surface area contributed by atoms with Crippen molar-refractivity contribution in [2.75, 3.05) is 0 Å². The summed E-state index contributed by atoms with van der Waals surface area (Å²) in [7, 11) is 1.94. The van der Waals surface area contributed by atoms with Crippen molar-refractivity contribution in [1.82, 2.24) is 15.1 Å². The highest BCUT2D eigenvalue weighted by atomic mass is 16.1. The molecule has 1 fully saturated rings. The second-order valence-electron chi connectivity index (χ2n) is 5.25. The Bertz CT molecular complexity index is 419. The Morgan fingerprint density at radius 2 is 2.17 bits per heavy atom. The molecule has 1 aromatic rings. The topological polar surface area (TPSA) is 72.9 Å². The van der Waals surface area contributed by atoms with E-state index in [4.69, 9.17) is 5.73 Å². The molecule has 0 unspecified atom stereocenters. The van der Waals surface area contributed by atoms with Crippen molar-refractivity contribution in [2.45, 2.75) is 45.2 Å². The zero-order valence-electron chi connectivity index (χ0n) is 11.1. The van der Waals surface area contributed by atoms with Crippen LogP contribution in [-0.2, 0) is 18.4 Å². The molecule has 0 aliphatic heterocycles. The van der Waals surface area contributed by atoms with Gasteiger partial charge >= 0.3 is 0 Å². The van der Waals surface area contributed by atoms with Crippen LogP contribution in [0.4, 0.5) is 0 Å². The number of nitrogens with two attached hydrogens (primary N) is 1. The third kappa shape index (κ3) is 3.10. The number of nitrogens with one attached hydrogen (secondary N) is 1. The highest BCUT2D eigenvalue weighted by Gasteiger charge is 2.24. The third-order valence-electron chi connectivity index (χ3n) is 3.83. The van der Waals surface area contributed by atoms with Crippen LogP contribution >= 0.6 is 0 Å². The number of hydrogen-bond donors (Lipinski definition) is 2. The van der Waals surface area contributed by atoms with Crippen LogP contribution in [0.2, 0.25) is 0 Å². The van der Waals surface area contributed by atoms with E-state index in [1.165, 1.54) is 5.56 Å².